The van der Waals surface area contributed by atoms with Crippen LogP contribution in [0.5, 0.6) is 23.0 Å². The second-order valence-corrected chi connectivity index (χ2v) is 8.60. The number of methoxy groups -OCH3 is 2. The molecule has 1 aliphatic heterocycles. The summed E-state index contributed by atoms with van der Waals surface area (Å²) in [6.45, 7) is 2.18. The van der Waals surface area contributed by atoms with Crippen LogP contribution in [0.4, 0.5) is 4.39 Å². The Morgan fingerprint density at radius 1 is 0.947 bits per heavy atom. The standard InChI is InChI=1S/C29H28FNO7/c1-4-38-23-16-19(8-11-21(23)32)26-25(27(33)18-6-9-20(30)10-7-18)28(34)29(35)31(26)14-13-17-5-12-22(36-2)24(15-17)37-3/h5-12,15-16,26,32-33H,4,13-14H2,1-3H3. The van der Waals surface area contributed by atoms with E-state index < -0.39 is 29.3 Å². The average molecular weight is 522 g/mol. The predicted molar refractivity (Wildman–Crippen MR) is 138 cm³/mol. The predicted octanol–water partition coefficient (Wildman–Crippen LogP) is 4.61. The van der Waals surface area contributed by atoms with E-state index in [-0.39, 0.29) is 35.8 Å². The lowest BCUT2D eigenvalue weighted by atomic mass is 9.94. The normalized spacial score (nSPS) is 16.5. The summed E-state index contributed by atoms with van der Waals surface area (Å²) < 4.78 is 29.7. The number of rotatable bonds is 9. The number of ether oxygens (including phenoxy) is 3. The highest BCUT2D eigenvalue weighted by atomic mass is 19.1. The lowest BCUT2D eigenvalue weighted by Gasteiger charge is -2.26. The largest absolute Gasteiger partial charge is 0.507 e. The zero-order valence-corrected chi connectivity index (χ0v) is 21.2. The molecule has 38 heavy (non-hydrogen) atoms. The van der Waals surface area contributed by atoms with Crippen LogP contribution in [0.25, 0.3) is 5.76 Å². The number of amides is 1. The highest BCUT2D eigenvalue weighted by Crippen LogP contribution is 2.42. The molecule has 1 atom stereocenters. The number of aromatic hydroxyl groups is 1. The summed E-state index contributed by atoms with van der Waals surface area (Å²) in [5.41, 5.74) is 1.35. The first-order valence-corrected chi connectivity index (χ1v) is 12.0. The molecule has 0 saturated carbocycles. The molecule has 0 bridgehead atoms. The lowest BCUT2D eigenvalue weighted by molar-refractivity contribution is -0.139. The summed E-state index contributed by atoms with van der Waals surface area (Å²) in [7, 11) is 3.06. The maximum absolute atomic E-state index is 13.5. The van der Waals surface area contributed by atoms with Crippen LogP contribution in [0.3, 0.4) is 0 Å². The Hall–Kier alpha value is -4.53. The minimum atomic E-state index is -0.972. The minimum absolute atomic E-state index is 0.101. The van der Waals surface area contributed by atoms with Gasteiger partial charge in [-0.05, 0) is 73.0 Å². The van der Waals surface area contributed by atoms with Crippen molar-refractivity contribution < 1.29 is 38.4 Å². The van der Waals surface area contributed by atoms with E-state index in [1.54, 1.807) is 25.1 Å². The number of aliphatic hydroxyl groups is 1. The number of carbonyl (C=O) groups excluding carboxylic acids is 2. The second kappa shape index (κ2) is 11.2. The first kappa shape index (κ1) is 26.5. The fourth-order valence-corrected chi connectivity index (χ4v) is 4.48. The zero-order valence-electron chi connectivity index (χ0n) is 21.2. The van der Waals surface area contributed by atoms with Crippen molar-refractivity contribution in [2.24, 2.45) is 0 Å². The monoisotopic (exact) mass is 521 g/mol. The van der Waals surface area contributed by atoms with Gasteiger partial charge in [0, 0.05) is 12.1 Å². The molecule has 2 N–H and O–H groups in total. The summed E-state index contributed by atoms with van der Waals surface area (Å²) in [6.07, 6.45) is 0.372. The van der Waals surface area contributed by atoms with Crippen molar-refractivity contribution in [1.82, 2.24) is 4.90 Å². The molecule has 3 aromatic carbocycles. The van der Waals surface area contributed by atoms with Crippen molar-refractivity contribution in [2.75, 3.05) is 27.4 Å². The van der Waals surface area contributed by atoms with Crippen molar-refractivity contribution in [1.29, 1.82) is 0 Å². The highest BCUT2D eigenvalue weighted by Gasteiger charge is 2.46. The van der Waals surface area contributed by atoms with Gasteiger partial charge in [0.15, 0.2) is 23.0 Å². The molecule has 1 fully saturated rings. The Bertz CT molecular complexity index is 1380. The zero-order chi connectivity index (χ0) is 27.4. The van der Waals surface area contributed by atoms with Gasteiger partial charge >= 0.3 is 0 Å². The Kier molecular flexibility index (Phi) is 7.85. The number of likely N-dealkylation sites (tertiary alicyclic amines) is 1. The van der Waals surface area contributed by atoms with Crippen LogP contribution >= 0.6 is 0 Å². The number of nitrogens with zero attached hydrogens (tertiary/aromatic N) is 1. The molecular formula is C29H28FNO7. The maximum Gasteiger partial charge on any atom is 0.295 e. The summed E-state index contributed by atoms with van der Waals surface area (Å²) in [4.78, 5) is 27.9. The first-order valence-electron chi connectivity index (χ1n) is 12.0. The van der Waals surface area contributed by atoms with Gasteiger partial charge in [-0.25, -0.2) is 4.39 Å². The lowest BCUT2D eigenvalue weighted by Crippen LogP contribution is -2.31. The first-order chi connectivity index (χ1) is 18.3. The van der Waals surface area contributed by atoms with Gasteiger partial charge in [0.05, 0.1) is 32.4 Å². The second-order valence-electron chi connectivity index (χ2n) is 8.60. The quantitative estimate of drug-likeness (QED) is 0.241. The molecule has 8 nitrogen and oxygen atoms in total. The fourth-order valence-electron chi connectivity index (χ4n) is 4.48. The Labute approximate surface area is 219 Å². The highest BCUT2D eigenvalue weighted by molar-refractivity contribution is 6.46. The van der Waals surface area contributed by atoms with E-state index in [2.05, 4.69) is 0 Å². The third kappa shape index (κ3) is 5.13. The van der Waals surface area contributed by atoms with Crippen molar-refractivity contribution in [3.05, 3.63) is 88.7 Å². The van der Waals surface area contributed by atoms with Crippen LogP contribution in [-0.4, -0.2) is 54.2 Å². The molecule has 1 amide bonds. The van der Waals surface area contributed by atoms with E-state index in [0.29, 0.717) is 23.5 Å². The van der Waals surface area contributed by atoms with Gasteiger partial charge in [-0.15, -0.1) is 0 Å². The molecule has 1 aliphatic rings. The summed E-state index contributed by atoms with van der Waals surface area (Å²) in [5, 5.41) is 21.3. The molecule has 1 unspecified atom stereocenters. The number of phenolic OH excluding ortho intramolecular Hbond substituents is 1. The van der Waals surface area contributed by atoms with Gasteiger partial charge in [-0.3, -0.25) is 9.59 Å². The van der Waals surface area contributed by atoms with Crippen molar-refractivity contribution in [3.63, 3.8) is 0 Å². The minimum Gasteiger partial charge on any atom is -0.507 e. The van der Waals surface area contributed by atoms with Gasteiger partial charge in [-0.1, -0.05) is 12.1 Å². The number of phenols is 1. The molecule has 3 aromatic rings. The SMILES string of the molecule is CCOc1cc(C2C(=C(O)c3ccc(F)cc3)C(=O)C(=O)N2CCc2ccc(OC)c(OC)c2)ccc1O. The number of aliphatic hydroxyl groups excluding tert-OH is 1. The number of carbonyl (C=O) groups is 2. The van der Waals surface area contributed by atoms with Gasteiger partial charge in [-0.2, -0.15) is 0 Å². The summed E-state index contributed by atoms with van der Waals surface area (Å²) in [5.74, 6) is -1.42. The Morgan fingerprint density at radius 2 is 1.66 bits per heavy atom. The van der Waals surface area contributed by atoms with Crippen LogP contribution in [0.1, 0.15) is 29.7 Å². The van der Waals surface area contributed by atoms with E-state index in [0.717, 1.165) is 17.7 Å². The van der Waals surface area contributed by atoms with E-state index in [1.807, 2.05) is 6.07 Å². The van der Waals surface area contributed by atoms with Crippen molar-refractivity contribution in [2.45, 2.75) is 19.4 Å². The van der Waals surface area contributed by atoms with E-state index >= 15 is 0 Å². The third-order valence-corrected chi connectivity index (χ3v) is 6.35. The average Bonchev–Trinajstić information content (AvgIpc) is 3.18. The van der Waals surface area contributed by atoms with Gasteiger partial charge in [0.2, 0.25) is 0 Å². The summed E-state index contributed by atoms with van der Waals surface area (Å²) >= 11 is 0. The van der Waals surface area contributed by atoms with Gasteiger partial charge in [0.1, 0.15) is 11.6 Å². The molecule has 4 rings (SSSR count). The van der Waals surface area contributed by atoms with Crippen LogP contribution < -0.4 is 14.2 Å². The molecular weight excluding hydrogens is 493 g/mol. The maximum atomic E-state index is 13.5. The van der Waals surface area contributed by atoms with Crippen LogP contribution in [0.15, 0.2) is 66.2 Å². The molecule has 0 radical (unpaired) electrons. The fraction of sp³-hybridized carbons (Fsp3) is 0.241. The molecule has 1 saturated heterocycles. The number of ketones is 1. The van der Waals surface area contributed by atoms with Gasteiger partial charge < -0.3 is 29.3 Å². The molecule has 0 aliphatic carbocycles. The molecule has 198 valence electrons. The topological polar surface area (TPSA) is 106 Å². The Balaban J connectivity index is 1.78. The van der Waals surface area contributed by atoms with E-state index in [4.69, 9.17) is 14.2 Å². The summed E-state index contributed by atoms with van der Waals surface area (Å²) in [6, 6.07) is 13.9. The smallest absolute Gasteiger partial charge is 0.295 e. The van der Waals surface area contributed by atoms with Crippen LogP contribution in [0.2, 0.25) is 0 Å². The number of benzene rings is 3. The van der Waals surface area contributed by atoms with Crippen molar-refractivity contribution >= 4 is 17.4 Å². The van der Waals surface area contributed by atoms with Crippen LogP contribution in [0, 0.1) is 5.82 Å². The molecule has 9 heteroatoms. The van der Waals surface area contributed by atoms with E-state index in [1.165, 1.54) is 43.4 Å². The number of hydrogen-bond donors (Lipinski definition) is 2. The van der Waals surface area contributed by atoms with Crippen LogP contribution in [-0.2, 0) is 16.0 Å². The number of halogens is 1. The number of hydrogen-bond acceptors (Lipinski definition) is 7. The molecule has 1 heterocycles. The van der Waals surface area contributed by atoms with E-state index in [9.17, 15) is 24.2 Å². The van der Waals surface area contributed by atoms with Crippen molar-refractivity contribution in [3.8, 4) is 23.0 Å². The van der Waals surface area contributed by atoms with Gasteiger partial charge in [0.25, 0.3) is 11.7 Å². The molecule has 0 aromatic heterocycles. The third-order valence-electron chi connectivity index (χ3n) is 6.35. The Morgan fingerprint density at radius 3 is 2.32 bits per heavy atom. The molecule has 0 spiro atoms. The number of Topliss-reactive ketones (excluding diaryl/α,β-unsaturated/α-hetero) is 1.